The van der Waals surface area contributed by atoms with Gasteiger partial charge in [0.1, 0.15) is 0 Å². The molecule has 1 aromatic rings. The Morgan fingerprint density at radius 2 is 1.86 bits per heavy atom. The molecular weight excluding hydrogens is 291 g/mol. The molecule has 0 atom stereocenters. The first-order valence-electron chi connectivity index (χ1n) is 7.01. The van der Waals surface area contributed by atoms with Gasteiger partial charge in [0.2, 0.25) is 0 Å². The smallest absolute Gasteiger partial charge is 0.399 e. The first kappa shape index (κ1) is 16.8. The first-order chi connectivity index (χ1) is 10.2. The predicted molar refractivity (Wildman–Crippen MR) is 82.1 cm³/mol. The molecule has 0 aromatic carbocycles. The molecule has 0 unspecified atom stereocenters. The van der Waals surface area contributed by atoms with Gasteiger partial charge in [0.15, 0.2) is 5.82 Å². The van der Waals surface area contributed by atoms with E-state index in [1.54, 1.807) is 7.05 Å². The quantitative estimate of drug-likeness (QED) is 0.526. The average Bonchev–Trinajstić information content (AvgIpc) is 2.64. The van der Waals surface area contributed by atoms with Gasteiger partial charge in [-0.3, -0.25) is 0 Å². The van der Waals surface area contributed by atoms with E-state index in [1.165, 1.54) is 18.6 Å². The van der Waals surface area contributed by atoms with Crippen molar-refractivity contribution < 1.29 is 18.1 Å². The predicted octanol–water partition coefficient (Wildman–Crippen LogP) is 2.20. The molecule has 2 heterocycles. The number of pyridine rings is 1. The Bertz CT molecular complexity index is 563. The normalized spacial score (nSPS) is 20.1. The molecule has 0 radical (unpaired) electrons. The fraction of sp³-hybridized carbons (Fsp3) is 0.571. The number of alkyl halides is 2. The summed E-state index contributed by atoms with van der Waals surface area (Å²) in [5, 5.41) is 2.69. The molecule has 120 valence electrons. The highest BCUT2D eigenvalue weighted by molar-refractivity contribution is 6.62. The number of hydrogen-bond donors (Lipinski definition) is 1. The van der Waals surface area contributed by atoms with Crippen LogP contribution in [-0.2, 0) is 9.31 Å². The lowest BCUT2D eigenvalue weighted by Gasteiger charge is -2.32. The van der Waals surface area contributed by atoms with Gasteiger partial charge in [0.05, 0.1) is 17.5 Å². The van der Waals surface area contributed by atoms with Gasteiger partial charge in [0, 0.05) is 24.3 Å². The molecule has 8 heteroatoms. The third kappa shape index (κ3) is 3.12. The second-order valence-electron chi connectivity index (χ2n) is 6.11. The van der Waals surface area contributed by atoms with E-state index in [9.17, 15) is 8.78 Å². The van der Waals surface area contributed by atoms with E-state index in [1.807, 2.05) is 27.7 Å². The second-order valence-corrected chi connectivity index (χ2v) is 6.11. The number of halogens is 2. The summed E-state index contributed by atoms with van der Waals surface area (Å²) in [5.41, 5.74) is -1.14. The first-order valence-corrected chi connectivity index (χ1v) is 7.01. The number of nitrogens with zero attached hydrogens (tertiary/aromatic N) is 2. The number of hydrogen-bond acceptors (Lipinski definition) is 4. The molecule has 22 heavy (non-hydrogen) atoms. The molecule has 2 rings (SSSR count). The van der Waals surface area contributed by atoms with Gasteiger partial charge < -0.3 is 14.6 Å². The van der Waals surface area contributed by atoms with Crippen LogP contribution in [0.2, 0.25) is 0 Å². The number of aliphatic imine (C=N–C) groups is 1. The van der Waals surface area contributed by atoms with Crippen molar-refractivity contribution >= 4 is 24.7 Å². The molecule has 0 amide bonds. The molecule has 1 fully saturated rings. The van der Waals surface area contributed by atoms with E-state index >= 15 is 0 Å². The Labute approximate surface area is 129 Å². The zero-order chi connectivity index (χ0) is 16.5. The number of aromatic nitrogens is 1. The zero-order valence-corrected chi connectivity index (χ0v) is 13.4. The molecule has 1 N–H and O–H groups in total. The molecule has 5 nitrogen and oxygen atoms in total. The largest absolute Gasteiger partial charge is 0.496 e. The van der Waals surface area contributed by atoms with Gasteiger partial charge in [-0.2, -0.15) is 0 Å². The maximum Gasteiger partial charge on any atom is 0.496 e. The lowest BCUT2D eigenvalue weighted by atomic mass is 9.77. The van der Waals surface area contributed by atoms with Gasteiger partial charge >= 0.3 is 7.12 Å². The van der Waals surface area contributed by atoms with Crippen LogP contribution in [0.5, 0.6) is 0 Å². The molecular formula is C14H20BF2N3O2. The Kier molecular flexibility index (Phi) is 4.53. The topological polar surface area (TPSA) is 55.7 Å². The summed E-state index contributed by atoms with van der Waals surface area (Å²) in [6.45, 7) is 7.48. The molecule has 0 saturated carbocycles. The van der Waals surface area contributed by atoms with Crippen molar-refractivity contribution in [1.82, 2.24) is 10.3 Å². The maximum atomic E-state index is 13.4. The monoisotopic (exact) mass is 311 g/mol. The molecule has 0 spiro atoms. The van der Waals surface area contributed by atoms with Crippen molar-refractivity contribution in [2.45, 2.75) is 45.3 Å². The molecule has 1 aliphatic rings. The van der Waals surface area contributed by atoms with Gasteiger partial charge in [0.25, 0.3) is 6.43 Å². The number of rotatable bonds is 4. The Morgan fingerprint density at radius 1 is 1.27 bits per heavy atom. The minimum atomic E-state index is -2.67. The van der Waals surface area contributed by atoms with Crippen LogP contribution in [0.25, 0.3) is 0 Å². The highest BCUT2D eigenvalue weighted by Crippen LogP contribution is 2.37. The highest BCUT2D eigenvalue weighted by atomic mass is 19.3. The van der Waals surface area contributed by atoms with E-state index in [0.717, 1.165) is 0 Å². The summed E-state index contributed by atoms with van der Waals surface area (Å²) in [5.74, 6) is 0.199. The SMILES string of the molecule is CN/C=N/c1cc(C(F)F)c(B2OC(C)(C)C(C)(C)O2)cn1. The van der Waals surface area contributed by atoms with Crippen LogP contribution in [0.4, 0.5) is 14.6 Å². The van der Waals surface area contributed by atoms with E-state index in [0.29, 0.717) is 0 Å². The van der Waals surface area contributed by atoms with Crippen molar-refractivity contribution in [3.05, 3.63) is 17.8 Å². The third-order valence-corrected chi connectivity index (χ3v) is 4.02. The minimum absolute atomic E-state index is 0.184. The van der Waals surface area contributed by atoms with Crippen LogP contribution in [0, 0.1) is 0 Å². The highest BCUT2D eigenvalue weighted by Gasteiger charge is 2.52. The lowest BCUT2D eigenvalue weighted by molar-refractivity contribution is 0.00578. The van der Waals surface area contributed by atoms with E-state index in [-0.39, 0.29) is 16.8 Å². The van der Waals surface area contributed by atoms with Crippen molar-refractivity contribution in [2.24, 2.45) is 4.99 Å². The Hall–Kier alpha value is -1.54. The summed E-state index contributed by atoms with van der Waals surface area (Å²) in [7, 11) is 0.792. The van der Waals surface area contributed by atoms with E-state index in [4.69, 9.17) is 9.31 Å². The summed E-state index contributed by atoms with van der Waals surface area (Å²) >= 11 is 0. The van der Waals surface area contributed by atoms with Gasteiger partial charge in [-0.25, -0.2) is 18.8 Å². The van der Waals surface area contributed by atoms with Crippen LogP contribution in [-0.4, -0.2) is 36.7 Å². The minimum Gasteiger partial charge on any atom is -0.399 e. The lowest BCUT2D eigenvalue weighted by Crippen LogP contribution is -2.41. The Morgan fingerprint density at radius 3 is 2.36 bits per heavy atom. The van der Waals surface area contributed by atoms with E-state index < -0.39 is 24.7 Å². The zero-order valence-electron chi connectivity index (χ0n) is 13.4. The fourth-order valence-corrected chi connectivity index (χ4v) is 2.03. The second kappa shape index (κ2) is 5.93. The van der Waals surface area contributed by atoms with Crippen molar-refractivity contribution in [2.75, 3.05) is 7.05 Å². The van der Waals surface area contributed by atoms with Crippen LogP contribution in [0.15, 0.2) is 17.3 Å². The summed E-state index contributed by atoms with van der Waals surface area (Å²) < 4.78 is 38.4. The summed E-state index contributed by atoms with van der Waals surface area (Å²) in [6.07, 6.45) is 0.0541. The number of nitrogens with one attached hydrogen (secondary N) is 1. The van der Waals surface area contributed by atoms with Crippen molar-refractivity contribution in [3.63, 3.8) is 0 Å². The molecule has 0 bridgehead atoms. The molecule has 1 aliphatic heterocycles. The third-order valence-electron chi connectivity index (χ3n) is 4.02. The molecule has 1 aromatic heterocycles. The maximum absolute atomic E-state index is 13.4. The fourth-order valence-electron chi connectivity index (χ4n) is 2.03. The average molecular weight is 311 g/mol. The Balaban J connectivity index is 2.38. The van der Waals surface area contributed by atoms with Crippen molar-refractivity contribution in [3.8, 4) is 0 Å². The summed E-state index contributed by atoms with van der Waals surface area (Å²) in [4.78, 5) is 8.00. The standard InChI is InChI=1S/C14H20BF2N3O2/c1-13(2)14(3,4)22-15(21-13)10-7-19-11(20-8-18-5)6-9(10)12(16)17/h6-8,12H,1-5H3,(H,18,19,20). The van der Waals surface area contributed by atoms with Crippen LogP contribution >= 0.6 is 0 Å². The van der Waals surface area contributed by atoms with Crippen molar-refractivity contribution in [1.29, 1.82) is 0 Å². The van der Waals surface area contributed by atoms with Gasteiger partial charge in [-0.05, 0) is 33.8 Å². The van der Waals surface area contributed by atoms with E-state index in [2.05, 4.69) is 15.3 Å². The van der Waals surface area contributed by atoms with Crippen LogP contribution < -0.4 is 10.8 Å². The van der Waals surface area contributed by atoms with Gasteiger partial charge in [-0.1, -0.05) is 0 Å². The van der Waals surface area contributed by atoms with Crippen LogP contribution in [0.1, 0.15) is 39.7 Å². The van der Waals surface area contributed by atoms with Gasteiger partial charge in [-0.15, -0.1) is 0 Å². The summed E-state index contributed by atoms with van der Waals surface area (Å²) in [6, 6.07) is 1.25. The van der Waals surface area contributed by atoms with Crippen LogP contribution in [0.3, 0.4) is 0 Å². The molecule has 0 aliphatic carbocycles. The molecule has 1 saturated heterocycles.